The van der Waals surface area contributed by atoms with Gasteiger partial charge >= 0.3 is 0 Å². The second kappa shape index (κ2) is 28.6. The quantitative estimate of drug-likeness (QED) is 0.0547. The molecule has 0 aliphatic carbocycles. The molecule has 9 fully saturated rings. The van der Waals surface area contributed by atoms with Gasteiger partial charge < -0.3 is 44.1 Å². The molecule has 24 heterocycles. The summed E-state index contributed by atoms with van der Waals surface area (Å²) in [5.74, 6) is 6.10. The molecule has 15 aromatic heterocycles. The third-order valence-electron chi connectivity index (χ3n) is 22.5. The first kappa shape index (κ1) is 68.6. The zero-order valence-corrected chi connectivity index (χ0v) is 62.8. The van der Waals surface area contributed by atoms with Crippen LogP contribution in [-0.2, 0) is 24.4 Å². The fourth-order valence-corrected chi connectivity index (χ4v) is 17.4. The number of ether oxygens (including phenoxy) is 5. The van der Waals surface area contributed by atoms with E-state index in [1.54, 1.807) is 33.0 Å². The van der Waals surface area contributed by atoms with Crippen LogP contribution in [0.5, 0.6) is 23.4 Å². The number of aromatic nitrogens is 18. The number of nitrogens with zero attached hydrogens (tertiary/aromatic N) is 21. The summed E-state index contributed by atoms with van der Waals surface area (Å²) in [6, 6.07) is 34.4. The Bertz CT molecular complexity index is 5560. The number of H-pyrrole nitrogens is 3. The van der Waals surface area contributed by atoms with E-state index in [1.807, 2.05) is 101 Å². The van der Waals surface area contributed by atoms with Crippen molar-refractivity contribution in [1.29, 1.82) is 0 Å². The number of fused-ring (bicyclic) bond motifs is 15. The molecule has 15 aromatic rings. The predicted octanol–water partition coefficient (Wildman–Crippen LogP) is 10.1. The number of piperazine rings is 3. The lowest BCUT2D eigenvalue weighted by Crippen LogP contribution is -2.68. The summed E-state index contributed by atoms with van der Waals surface area (Å²) in [7, 11) is 6.58. The third kappa shape index (κ3) is 12.8. The van der Waals surface area contributed by atoms with Gasteiger partial charge in [0.1, 0.15) is 29.8 Å². The molecule has 31 heteroatoms. The van der Waals surface area contributed by atoms with Crippen molar-refractivity contribution in [1.82, 2.24) is 104 Å². The van der Waals surface area contributed by atoms with E-state index in [0.717, 1.165) is 164 Å². The summed E-state index contributed by atoms with van der Waals surface area (Å²) in [6.07, 6.45) is 24.9. The van der Waals surface area contributed by atoms with Crippen molar-refractivity contribution in [2.75, 3.05) is 101 Å². The smallest absolute Gasteiger partial charge is 0.212 e. The van der Waals surface area contributed by atoms with Crippen molar-refractivity contribution < 1.29 is 23.7 Å². The van der Waals surface area contributed by atoms with Crippen molar-refractivity contribution >= 4 is 88.9 Å². The van der Waals surface area contributed by atoms with Gasteiger partial charge in [-0.15, -0.1) is 15.3 Å². The molecule has 558 valence electrons. The van der Waals surface area contributed by atoms with Crippen LogP contribution < -0.4 is 39.4 Å². The summed E-state index contributed by atoms with van der Waals surface area (Å²) >= 11 is 3.62. The first-order valence-corrected chi connectivity index (χ1v) is 37.7. The summed E-state index contributed by atoms with van der Waals surface area (Å²) in [4.78, 5) is 42.7. The SMILES string of the molecule is COCCOc1cc(-c2ccc(N3CC4CC(C3)N4Cc3ccc(OC)nc3)nc2)c2c3c(N)n[nH]c3nn2c1.COc1ccc(CN2C3CC2CN(c2ccc(-c4cc(Br)cn5nc6[nH]ncc6c45)cn2)C3)cn1.COc1ccc(CN2C3CC2CN(c2ccc(-c4cc(C)cn5nc6[nH]ncc6c45)cn2)C3)cn1. The van der Waals surface area contributed by atoms with Gasteiger partial charge in [0.25, 0.3) is 0 Å². The van der Waals surface area contributed by atoms with Gasteiger partial charge in [-0.3, -0.25) is 30.0 Å². The number of rotatable bonds is 19. The number of piperidine rings is 3. The van der Waals surface area contributed by atoms with Crippen LogP contribution in [0.2, 0.25) is 0 Å². The number of anilines is 4. The Balaban J connectivity index is 0.000000112. The summed E-state index contributed by atoms with van der Waals surface area (Å²) in [5.41, 5.74) is 22.3. The fourth-order valence-electron chi connectivity index (χ4n) is 17.0. The molecule has 9 saturated heterocycles. The second-order valence-corrected chi connectivity index (χ2v) is 30.0. The maximum Gasteiger partial charge on any atom is 0.212 e. The molecule has 5 N–H and O–H groups in total. The second-order valence-electron chi connectivity index (χ2n) is 29.1. The van der Waals surface area contributed by atoms with Gasteiger partial charge in [0.2, 0.25) is 17.6 Å². The normalized spacial score (nSPS) is 19.5. The molecule has 0 spiro atoms. The molecule has 6 bridgehead atoms. The molecular formula is C79H80BrN25O5. The number of aryl methyl sites for hydroxylation is 1. The number of nitrogen functional groups attached to an aromatic ring is 1. The zero-order chi connectivity index (χ0) is 74.3. The van der Waals surface area contributed by atoms with Crippen LogP contribution in [0.25, 0.3) is 83.0 Å². The number of nitrogens with two attached hydrogens (primary N) is 1. The van der Waals surface area contributed by atoms with E-state index in [4.69, 9.17) is 44.4 Å². The van der Waals surface area contributed by atoms with E-state index in [2.05, 4.69) is 180 Å². The van der Waals surface area contributed by atoms with Gasteiger partial charge in [-0.05, 0) is 119 Å². The lowest BCUT2D eigenvalue weighted by atomic mass is 9.87. The van der Waals surface area contributed by atoms with Crippen LogP contribution in [0.15, 0.2) is 164 Å². The number of halogens is 1. The highest BCUT2D eigenvalue weighted by molar-refractivity contribution is 9.10. The predicted molar refractivity (Wildman–Crippen MR) is 421 cm³/mol. The summed E-state index contributed by atoms with van der Waals surface area (Å²) < 4.78 is 33.2. The molecule has 6 atom stereocenters. The minimum Gasteiger partial charge on any atom is -0.490 e. The molecule has 24 rings (SSSR count). The average Bonchev–Trinajstić information content (AvgIpc) is 1.53. The van der Waals surface area contributed by atoms with Crippen LogP contribution in [0.4, 0.5) is 23.3 Å². The van der Waals surface area contributed by atoms with Crippen LogP contribution >= 0.6 is 15.9 Å². The van der Waals surface area contributed by atoms with Crippen LogP contribution in [-0.4, -0.2) is 221 Å². The van der Waals surface area contributed by atoms with Gasteiger partial charge in [-0.1, -0.05) is 18.2 Å². The van der Waals surface area contributed by atoms with E-state index in [0.29, 0.717) is 84.3 Å². The number of hydrogen-bond donors (Lipinski definition) is 4. The number of pyridine rings is 9. The van der Waals surface area contributed by atoms with Crippen molar-refractivity contribution in [2.24, 2.45) is 0 Å². The lowest BCUT2D eigenvalue weighted by Gasteiger charge is -2.56. The monoisotopic (exact) mass is 1540 g/mol. The minimum atomic E-state index is 0.409. The summed E-state index contributed by atoms with van der Waals surface area (Å²) in [5, 5.41) is 37.9. The Morgan fingerprint density at radius 3 is 1.29 bits per heavy atom. The van der Waals surface area contributed by atoms with Gasteiger partial charge in [0.15, 0.2) is 22.8 Å². The number of hydrogen-bond acceptors (Lipinski definition) is 24. The maximum absolute atomic E-state index is 6.20. The van der Waals surface area contributed by atoms with Gasteiger partial charge in [-0.25, -0.2) is 43.5 Å². The standard InChI is InChI=1S/C28H31N9O3.C26H26N8O.C25H23BrN8O/c1-38-7-8-40-21-10-22(26-25-27(29)32-33-28(25)34-37(26)16-21)18-4-5-23(30-12-18)35-14-19-9-20(15-35)36(19)13-17-3-6-24(39-2)31-11-17;1-16-7-21(25-22-11-29-30-26(22)31-34(25)12-16)18-4-5-23(27-10-18)32-14-19-8-20(15-32)33(19)13-17-3-6-24(35-2)28-9-17;1-35-23-5-2-15(8-28-23)11-33-18-7-19(33)14-32(13-18)22-4-3-16(9-27-22)20-6-17(26)12-34-24(20)21-10-29-30-25(21)31-34/h3-6,10-12,16,19-20H,7-9,13-15H2,1-2H3,(H2,29,32)(H,33,34);3-7,9-12,19-20H,8,13-15H2,1-2H3,(H,30,31);2-6,8-10,12,18-19H,7,11,13-14H2,1H3,(H,30,31). The lowest BCUT2D eigenvalue weighted by molar-refractivity contribution is -0.00879. The Morgan fingerprint density at radius 1 is 0.445 bits per heavy atom. The molecular weight excluding hydrogens is 1460 g/mol. The van der Waals surface area contributed by atoms with E-state index < -0.39 is 0 Å². The van der Waals surface area contributed by atoms with Crippen molar-refractivity contribution in [3.63, 3.8) is 0 Å². The Morgan fingerprint density at radius 2 is 0.873 bits per heavy atom. The molecule has 0 amide bonds. The van der Waals surface area contributed by atoms with Crippen molar-refractivity contribution in [3.05, 3.63) is 186 Å². The number of aromatic amines is 3. The van der Waals surface area contributed by atoms with E-state index in [-0.39, 0.29) is 0 Å². The van der Waals surface area contributed by atoms with E-state index in [1.165, 1.54) is 36.0 Å². The average molecular weight is 1540 g/mol. The fraction of sp³-hybridized carbons (Fsp3) is 0.316. The first-order valence-electron chi connectivity index (χ1n) is 36.9. The van der Waals surface area contributed by atoms with Gasteiger partial charge in [0.05, 0.1) is 79.2 Å². The Hall–Kier alpha value is -11.9. The molecule has 30 nitrogen and oxygen atoms in total. The highest BCUT2D eigenvalue weighted by Gasteiger charge is 2.47. The van der Waals surface area contributed by atoms with Crippen molar-refractivity contribution in [3.8, 4) is 56.8 Å². The van der Waals surface area contributed by atoms with E-state index >= 15 is 0 Å². The van der Waals surface area contributed by atoms with Crippen LogP contribution in [0.3, 0.4) is 0 Å². The maximum atomic E-state index is 6.20. The highest BCUT2D eigenvalue weighted by Crippen LogP contribution is 2.42. The molecule has 0 aromatic carbocycles. The van der Waals surface area contributed by atoms with Gasteiger partial charge in [-0.2, -0.15) is 15.3 Å². The van der Waals surface area contributed by atoms with Gasteiger partial charge in [0, 0.05) is 208 Å². The molecule has 0 radical (unpaired) electrons. The molecule has 9 aliphatic heterocycles. The number of methoxy groups -OCH3 is 4. The number of nitrogens with one attached hydrogen (secondary N) is 3. The Kier molecular flexibility index (Phi) is 17.8. The third-order valence-corrected chi connectivity index (χ3v) is 22.9. The zero-order valence-electron chi connectivity index (χ0n) is 61.3. The molecule has 0 saturated carbocycles. The molecule has 9 aliphatic rings. The van der Waals surface area contributed by atoms with Crippen LogP contribution in [0, 0.1) is 6.92 Å². The highest BCUT2D eigenvalue weighted by atomic mass is 79.9. The first-order chi connectivity index (χ1) is 53.9. The topological polar surface area (TPSA) is 307 Å². The largest absolute Gasteiger partial charge is 0.490 e. The van der Waals surface area contributed by atoms with E-state index in [9.17, 15) is 0 Å². The minimum absolute atomic E-state index is 0.409. The summed E-state index contributed by atoms with van der Waals surface area (Å²) in [6.45, 7) is 11.7. The van der Waals surface area contributed by atoms with Crippen LogP contribution in [0.1, 0.15) is 41.5 Å². The Labute approximate surface area is 639 Å². The van der Waals surface area contributed by atoms with Crippen molar-refractivity contribution in [2.45, 2.75) is 82.1 Å². The molecule has 6 unspecified atom stereocenters. The molecule has 110 heavy (non-hydrogen) atoms.